The van der Waals surface area contributed by atoms with E-state index in [1.54, 1.807) is 6.92 Å². The standard InChI is InChI=1S/C10H16O5/c1-8(2)10(11)12-4-3-5-14-15-7-9-6-13-9/h9H,1,3-7H2,2H3. The number of hydrogen-bond acceptors (Lipinski definition) is 5. The van der Waals surface area contributed by atoms with Crippen molar-refractivity contribution in [2.24, 2.45) is 0 Å². The lowest BCUT2D eigenvalue weighted by Gasteiger charge is -2.04. The first kappa shape index (κ1) is 12.2. The Labute approximate surface area is 88.9 Å². The Balaban J connectivity index is 1.79. The van der Waals surface area contributed by atoms with Crippen LogP contribution in [-0.4, -0.2) is 38.5 Å². The van der Waals surface area contributed by atoms with E-state index in [4.69, 9.17) is 19.2 Å². The molecule has 0 aromatic heterocycles. The minimum atomic E-state index is -0.373. The second-order valence-electron chi connectivity index (χ2n) is 3.33. The summed E-state index contributed by atoms with van der Waals surface area (Å²) in [5, 5.41) is 0. The van der Waals surface area contributed by atoms with Crippen molar-refractivity contribution in [2.75, 3.05) is 26.4 Å². The van der Waals surface area contributed by atoms with Gasteiger partial charge in [-0.25, -0.2) is 14.6 Å². The van der Waals surface area contributed by atoms with Gasteiger partial charge in [-0.1, -0.05) is 6.58 Å². The van der Waals surface area contributed by atoms with E-state index < -0.39 is 0 Å². The summed E-state index contributed by atoms with van der Waals surface area (Å²) in [7, 11) is 0. The highest BCUT2D eigenvalue weighted by atomic mass is 17.2. The number of carbonyl (C=O) groups excluding carboxylic acids is 1. The summed E-state index contributed by atoms with van der Waals surface area (Å²) in [5.41, 5.74) is 0.401. The average Bonchev–Trinajstić information content (AvgIpc) is 2.99. The maximum absolute atomic E-state index is 10.9. The van der Waals surface area contributed by atoms with Gasteiger partial charge < -0.3 is 9.47 Å². The second kappa shape index (κ2) is 6.55. The average molecular weight is 216 g/mol. The molecular weight excluding hydrogens is 200 g/mol. The maximum Gasteiger partial charge on any atom is 0.333 e. The van der Waals surface area contributed by atoms with Gasteiger partial charge in [-0.2, -0.15) is 0 Å². The van der Waals surface area contributed by atoms with Crippen molar-refractivity contribution in [1.82, 2.24) is 0 Å². The van der Waals surface area contributed by atoms with Crippen LogP contribution < -0.4 is 0 Å². The first-order valence-corrected chi connectivity index (χ1v) is 4.89. The van der Waals surface area contributed by atoms with E-state index in [2.05, 4.69) is 6.58 Å². The summed E-state index contributed by atoms with van der Waals surface area (Å²) in [6.07, 6.45) is 0.802. The third-order valence-electron chi connectivity index (χ3n) is 1.69. The molecular formula is C10H16O5. The first-order valence-electron chi connectivity index (χ1n) is 4.89. The molecule has 0 bridgehead atoms. The van der Waals surface area contributed by atoms with E-state index in [0.717, 1.165) is 6.61 Å². The molecule has 0 saturated carbocycles. The number of hydrogen-bond donors (Lipinski definition) is 0. The molecule has 0 spiro atoms. The number of epoxide rings is 1. The van der Waals surface area contributed by atoms with Crippen LogP contribution in [0.25, 0.3) is 0 Å². The fraction of sp³-hybridized carbons (Fsp3) is 0.700. The molecule has 1 atom stereocenters. The fourth-order valence-electron chi connectivity index (χ4n) is 0.753. The van der Waals surface area contributed by atoms with Crippen molar-refractivity contribution in [3.05, 3.63) is 12.2 Å². The Hall–Kier alpha value is -0.910. The van der Waals surface area contributed by atoms with Gasteiger partial charge in [0.1, 0.15) is 12.7 Å². The van der Waals surface area contributed by atoms with Crippen LogP contribution >= 0.6 is 0 Å². The van der Waals surface area contributed by atoms with E-state index in [9.17, 15) is 4.79 Å². The van der Waals surface area contributed by atoms with Crippen LogP contribution in [0.5, 0.6) is 0 Å². The number of carbonyl (C=O) groups is 1. The highest BCUT2D eigenvalue weighted by molar-refractivity contribution is 5.86. The molecule has 1 heterocycles. The van der Waals surface area contributed by atoms with Gasteiger partial charge in [-0.3, -0.25) is 0 Å². The van der Waals surface area contributed by atoms with Crippen LogP contribution in [-0.2, 0) is 24.0 Å². The molecule has 0 aliphatic carbocycles. The predicted octanol–water partition coefficient (Wildman–Crippen LogP) is 0.843. The molecule has 86 valence electrons. The van der Waals surface area contributed by atoms with Crippen LogP contribution in [0.1, 0.15) is 13.3 Å². The zero-order chi connectivity index (χ0) is 11.1. The summed E-state index contributed by atoms with van der Waals surface area (Å²) in [6.45, 7) is 7.00. The zero-order valence-corrected chi connectivity index (χ0v) is 8.86. The van der Waals surface area contributed by atoms with Gasteiger partial charge in [-0.15, -0.1) is 0 Å². The molecule has 1 unspecified atom stereocenters. The lowest BCUT2D eigenvalue weighted by molar-refractivity contribution is -0.297. The number of rotatable bonds is 8. The minimum absolute atomic E-state index is 0.200. The smallest absolute Gasteiger partial charge is 0.333 e. The first-order chi connectivity index (χ1) is 7.20. The molecule has 5 nitrogen and oxygen atoms in total. The highest BCUT2D eigenvalue weighted by Crippen LogP contribution is 2.08. The second-order valence-corrected chi connectivity index (χ2v) is 3.33. The lowest BCUT2D eigenvalue weighted by Crippen LogP contribution is -2.09. The third-order valence-corrected chi connectivity index (χ3v) is 1.69. The molecule has 15 heavy (non-hydrogen) atoms. The van der Waals surface area contributed by atoms with Crippen molar-refractivity contribution < 1.29 is 24.0 Å². The van der Waals surface area contributed by atoms with Crippen molar-refractivity contribution in [3.63, 3.8) is 0 Å². The molecule has 1 saturated heterocycles. The maximum atomic E-state index is 10.9. The van der Waals surface area contributed by atoms with E-state index in [1.807, 2.05) is 0 Å². The van der Waals surface area contributed by atoms with Crippen LogP contribution in [0.15, 0.2) is 12.2 Å². The Bertz CT molecular complexity index is 222. The van der Waals surface area contributed by atoms with Crippen LogP contribution in [0, 0.1) is 0 Å². The molecule has 1 fully saturated rings. The Kier molecular flexibility index (Phi) is 5.31. The minimum Gasteiger partial charge on any atom is -0.462 e. The zero-order valence-electron chi connectivity index (χ0n) is 8.86. The van der Waals surface area contributed by atoms with Crippen molar-refractivity contribution in [1.29, 1.82) is 0 Å². The Morgan fingerprint density at radius 1 is 1.47 bits per heavy atom. The van der Waals surface area contributed by atoms with Gasteiger partial charge in [0.15, 0.2) is 0 Å². The molecule has 1 aliphatic rings. The van der Waals surface area contributed by atoms with Crippen molar-refractivity contribution >= 4 is 5.97 Å². The van der Waals surface area contributed by atoms with E-state index >= 15 is 0 Å². The third kappa shape index (κ3) is 6.22. The van der Waals surface area contributed by atoms with E-state index in [1.165, 1.54) is 0 Å². The monoisotopic (exact) mass is 216 g/mol. The highest BCUT2D eigenvalue weighted by Gasteiger charge is 2.22. The van der Waals surface area contributed by atoms with Crippen LogP contribution in [0.3, 0.4) is 0 Å². The largest absolute Gasteiger partial charge is 0.462 e. The molecule has 0 aromatic carbocycles. The Morgan fingerprint density at radius 3 is 2.80 bits per heavy atom. The quantitative estimate of drug-likeness (QED) is 0.150. The van der Waals surface area contributed by atoms with Gasteiger partial charge in [-0.05, 0) is 6.92 Å². The summed E-state index contributed by atoms with van der Waals surface area (Å²) >= 11 is 0. The van der Waals surface area contributed by atoms with Gasteiger partial charge in [0.25, 0.3) is 0 Å². The lowest BCUT2D eigenvalue weighted by atomic mass is 10.4. The number of esters is 1. The summed E-state index contributed by atoms with van der Waals surface area (Å²) in [4.78, 5) is 20.6. The molecule has 0 N–H and O–H groups in total. The summed E-state index contributed by atoms with van der Waals surface area (Å²) < 4.78 is 9.75. The van der Waals surface area contributed by atoms with Gasteiger partial charge in [0, 0.05) is 12.0 Å². The van der Waals surface area contributed by atoms with E-state index in [-0.39, 0.29) is 12.1 Å². The van der Waals surface area contributed by atoms with Crippen molar-refractivity contribution in [2.45, 2.75) is 19.4 Å². The van der Waals surface area contributed by atoms with Crippen molar-refractivity contribution in [3.8, 4) is 0 Å². The predicted molar refractivity (Wildman–Crippen MR) is 52.0 cm³/mol. The Morgan fingerprint density at radius 2 is 2.20 bits per heavy atom. The van der Waals surface area contributed by atoms with Gasteiger partial charge in [0.2, 0.25) is 0 Å². The molecule has 0 amide bonds. The molecule has 0 radical (unpaired) electrons. The number of ether oxygens (including phenoxy) is 2. The normalized spacial score (nSPS) is 18.6. The van der Waals surface area contributed by atoms with E-state index in [0.29, 0.717) is 31.8 Å². The molecule has 0 aromatic rings. The summed E-state index contributed by atoms with van der Waals surface area (Å²) in [5.74, 6) is -0.373. The van der Waals surface area contributed by atoms with Gasteiger partial charge >= 0.3 is 5.97 Å². The molecule has 5 heteroatoms. The topological polar surface area (TPSA) is 57.3 Å². The van der Waals surface area contributed by atoms with Crippen LogP contribution in [0.2, 0.25) is 0 Å². The molecule has 1 rings (SSSR count). The SMILES string of the molecule is C=C(C)C(=O)OCCCOOCC1CO1. The van der Waals surface area contributed by atoms with Gasteiger partial charge in [0.05, 0.1) is 19.8 Å². The summed E-state index contributed by atoms with van der Waals surface area (Å²) in [6, 6.07) is 0. The fourth-order valence-corrected chi connectivity index (χ4v) is 0.753. The van der Waals surface area contributed by atoms with Crippen LogP contribution in [0.4, 0.5) is 0 Å². The molecule has 1 aliphatic heterocycles.